The summed E-state index contributed by atoms with van der Waals surface area (Å²) in [5.41, 5.74) is 2.55. The quantitative estimate of drug-likeness (QED) is 0.180. The van der Waals surface area contributed by atoms with E-state index in [1.54, 1.807) is 11.3 Å². The Balaban J connectivity index is 1.87. The summed E-state index contributed by atoms with van der Waals surface area (Å²) in [5.74, 6) is 0.466. The van der Waals surface area contributed by atoms with Gasteiger partial charge in [-0.25, -0.2) is 0 Å². The number of Topliss-reactive ketones (excluding diaryl/α,β-unsaturated/α-hetero) is 1. The lowest BCUT2D eigenvalue weighted by atomic mass is 10.1. The van der Waals surface area contributed by atoms with Crippen LogP contribution in [0, 0.1) is 17.0 Å². The highest BCUT2D eigenvalue weighted by Gasteiger charge is 2.16. The first-order valence-corrected chi connectivity index (χ1v) is 10.6. The number of hydrogen-bond acceptors (Lipinski definition) is 5. The van der Waals surface area contributed by atoms with Gasteiger partial charge in [-0.05, 0) is 59.8 Å². The summed E-state index contributed by atoms with van der Waals surface area (Å²) in [4.78, 5) is 25.0. The summed E-state index contributed by atoms with van der Waals surface area (Å²) in [6.45, 7) is 2.00. The molecule has 0 aliphatic carbocycles. The van der Waals surface area contributed by atoms with Crippen molar-refractivity contribution in [3.63, 3.8) is 0 Å². The van der Waals surface area contributed by atoms with Gasteiger partial charge >= 0.3 is 0 Å². The molecule has 4 nitrogen and oxygen atoms in total. The van der Waals surface area contributed by atoms with E-state index in [-0.39, 0.29) is 11.5 Å². The summed E-state index contributed by atoms with van der Waals surface area (Å²) >= 11 is 8.95. The Labute approximate surface area is 176 Å². The first kappa shape index (κ1) is 20.3. The van der Waals surface area contributed by atoms with Crippen molar-refractivity contribution in [1.29, 1.82) is 0 Å². The predicted molar refractivity (Wildman–Crippen MR) is 117 cm³/mol. The number of thiophene rings is 1. The van der Waals surface area contributed by atoms with Crippen molar-refractivity contribution >= 4 is 52.2 Å². The first-order valence-electron chi connectivity index (χ1n) is 8.36. The second kappa shape index (κ2) is 9.19. The smallest absolute Gasteiger partial charge is 0.269 e. The predicted octanol–water partition coefficient (Wildman–Crippen LogP) is 6.78. The van der Waals surface area contributed by atoms with E-state index in [0.717, 1.165) is 16.0 Å². The normalized spacial score (nSPS) is 11.4. The van der Waals surface area contributed by atoms with E-state index in [0.29, 0.717) is 21.2 Å². The molecule has 0 spiro atoms. The fraction of sp³-hybridized carbons (Fsp3) is 0.0952. The van der Waals surface area contributed by atoms with E-state index in [4.69, 9.17) is 11.6 Å². The zero-order valence-electron chi connectivity index (χ0n) is 14.9. The summed E-state index contributed by atoms with van der Waals surface area (Å²) in [6, 6.07) is 15.2. The van der Waals surface area contributed by atoms with Crippen LogP contribution >= 0.6 is 34.7 Å². The third kappa shape index (κ3) is 5.10. The Morgan fingerprint density at radius 2 is 1.82 bits per heavy atom. The number of nitrogens with zero attached hydrogens (tertiary/aromatic N) is 1. The van der Waals surface area contributed by atoms with Crippen LogP contribution in [0.15, 0.2) is 64.9 Å². The van der Waals surface area contributed by atoms with E-state index in [1.807, 2.05) is 48.7 Å². The van der Waals surface area contributed by atoms with Crippen LogP contribution in [0.3, 0.4) is 0 Å². The molecular formula is C21H16ClNO3S2. The number of halogens is 1. The third-order valence-electron chi connectivity index (χ3n) is 4.04. The van der Waals surface area contributed by atoms with Crippen molar-refractivity contribution in [1.82, 2.24) is 0 Å². The van der Waals surface area contributed by atoms with Gasteiger partial charge in [0.2, 0.25) is 0 Å². The molecule has 0 amide bonds. The monoisotopic (exact) mass is 429 g/mol. The number of carbonyl (C=O) groups excluding carboxylic acids is 1. The number of hydrogen-bond donors (Lipinski definition) is 0. The van der Waals surface area contributed by atoms with Gasteiger partial charge in [-0.1, -0.05) is 23.7 Å². The molecule has 28 heavy (non-hydrogen) atoms. The lowest BCUT2D eigenvalue weighted by molar-refractivity contribution is -0.384. The number of thioether (sulfide) groups is 1. The zero-order valence-corrected chi connectivity index (χ0v) is 17.3. The lowest BCUT2D eigenvalue weighted by Crippen LogP contribution is -2.02. The number of benzene rings is 2. The zero-order chi connectivity index (χ0) is 20.1. The Morgan fingerprint density at radius 1 is 1.14 bits per heavy atom. The molecule has 0 radical (unpaired) electrons. The second-order valence-corrected chi connectivity index (χ2v) is 8.43. The largest absolute Gasteiger partial charge is 0.288 e. The highest BCUT2D eigenvalue weighted by Crippen LogP contribution is 2.30. The SMILES string of the molecule is Cc1ccsc1/C=C(/SCc1ccc(Cl)cc1)C(=O)c1ccc([N+](=O)[O-])cc1. The van der Waals surface area contributed by atoms with Gasteiger partial charge < -0.3 is 0 Å². The fourth-order valence-corrected chi connectivity index (χ4v) is 4.47. The van der Waals surface area contributed by atoms with Gasteiger partial charge in [0.25, 0.3) is 5.69 Å². The summed E-state index contributed by atoms with van der Waals surface area (Å²) in [5, 5.41) is 13.5. The Kier molecular flexibility index (Phi) is 6.67. The maximum Gasteiger partial charge on any atom is 0.269 e. The molecule has 0 aliphatic heterocycles. The maximum absolute atomic E-state index is 13.1. The number of ketones is 1. The van der Waals surface area contributed by atoms with Gasteiger partial charge in [-0.3, -0.25) is 14.9 Å². The number of nitro benzene ring substituents is 1. The van der Waals surface area contributed by atoms with E-state index in [9.17, 15) is 14.9 Å². The molecule has 0 fully saturated rings. The van der Waals surface area contributed by atoms with Crippen LogP contribution in [0.25, 0.3) is 6.08 Å². The van der Waals surface area contributed by atoms with Crippen molar-refractivity contribution in [2.24, 2.45) is 0 Å². The van der Waals surface area contributed by atoms with E-state index < -0.39 is 4.92 Å². The number of aryl methyl sites for hydroxylation is 1. The molecule has 142 valence electrons. The van der Waals surface area contributed by atoms with E-state index >= 15 is 0 Å². The molecule has 0 atom stereocenters. The van der Waals surface area contributed by atoms with Crippen LogP contribution in [0.1, 0.15) is 26.4 Å². The standard InChI is InChI=1S/C21H16ClNO3S2/c1-14-10-11-27-19(14)12-20(28-13-15-2-6-17(22)7-3-15)21(24)16-4-8-18(9-5-16)23(25)26/h2-12H,13H2,1H3/b20-12+. The van der Waals surface area contributed by atoms with Crippen LogP contribution in [0.5, 0.6) is 0 Å². The molecular weight excluding hydrogens is 414 g/mol. The summed E-state index contributed by atoms with van der Waals surface area (Å²) in [7, 11) is 0. The van der Waals surface area contributed by atoms with Gasteiger partial charge in [0.1, 0.15) is 0 Å². The second-order valence-electron chi connectivity index (χ2n) is 6.02. The molecule has 3 rings (SSSR count). The Morgan fingerprint density at radius 3 is 2.39 bits per heavy atom. The van der Waals surface area contributed by atoms with Crippen LogP contribution in [-0.2, 0) is 5.75 Å². The Hall–Kier alpha value is -2.41. The number of non-ortho nitro benzene ring substituents is 1. The molecule has 0 N–H and O–H groups in total. The maximum atomic E-state index is 13.1. The van der Waals surface area contributed by atoms with Crippen molar-refractivity contribution < 1.29 is 9.72 Å². The van der Waals surface area contributed by atoms with E-state index in [2.05, 4.69) is 0 Å². The molecule has 3 aromatic rings. The molecule has 2 aromatic carbocycles. The molecule has 0 aliphatic rings. The van der Waals surface area contributed by atoms with Crippen molar-refractivity contribution in [3.05, 3.63) is 102 Å². The van der Waals surface area contributed by atoms with Crippen molar-refractivity contribution in [2.45, 2.75) is 12.7 Å². The topological polar surface area (TPSA) is 60.2 Å². The van der Waals surface area contributed by atoms with Gasteiger partial charge in [-0.15, -0.1) is 23.1 Å². The number of nitro groups is 1. The van der Waals surface area contributed by atoms with Crippen LogP contribution in [0.4, 0.5) is 5.69 Å². The highest BCUT2D eigenvalue weighted by molar-refractivity contribution is 8.03. The summed E-state index contributed by atoms with van der Waals surface area (Å²) in [6.07, 6.45) is 1.89. The average molecular weight is 430 g/mol. The minimum absolute atomic E-state index is 0.0370. The Bertz CT molecular complexity index is 1020. The molecule has 1 heterocycles. The van der Waals surface area contributed by atoms with Gasteiger partial charge in [0.15, 0.2) is 5.78 Å². The van der Waals surface area contributed by atoms with Crippen LogP contribution in [0.2, 0.25) is 5.02 Å². The molecule has 7 heteroatoms. The number of carbonyl (C=O) groups is 1. The van der Waals surface area contributed by atoms with Crippen LogP contribution < -0.4 is 0 Å². The minimum Gasteiger partial charge on any atom is -0.288 e. The number of allylic oxidation sites excluding steroid dienone is 1. The van der Waals surface area contributed by atoms with Crippen LogP contribution in [-0.4, -0.2) is 10.7 Å². The van der Waals surface area contributed by atoms with Crippen molar-refractivity contribution in [3.8, 4) is 0 Å². The molecule has 0 bridgehead atoms. The van der Waals surface area contributed by atoms with Crippen molar-refractivity contribution in [2.75, 3.05) is 0 Å². The summed E-state index contributed by atoms with van der Waals surface area (Å²) < 4.78 is 0. The molecule has 0 saturated carbocycles. The fourth-order valence-electron chi connectivity index (χ4n) is 2.44. The molecule has 0 saturated heterocycles. The van der Waals surface area contributed by atoms with Gasteiger partial charge in [0, 0.05) is 33.3 Å². The highest BCUT2D eigenvalue weighted by atomic mass is 35.5. The third-order valence-corrected chi connectivity index (χ3v) is 6.35. The molecule has 0 unspecified atom stereocenters. The van der Waals surface area contributed by atoms with Gasteiger partial charge in [-0.2, -0.15) is 0 Å². The van der Waals surface area contributed by atoms with Gasteiger partial charge in [0.05, 0.1) is 9.83 Å². The van der Waals surface area contributed by atoms with E-state index in [1.165, 1.54) is 36.0 Å². The molecule has 1 aromatic heterocycles. The number of rotatable bonds is 7. The average Bonchev–Trinajstić information content (AvgIpc) is 3.10. The first-order chi connectivity index (χ1) is 13.4. The minimum atomic E-state index is -0.477. The lowest BCUT2D eigenvalue weighted by Gasteiger charge is -2.08.